The molecule has 0 fully saturated rings. The normalized spacial score (nSPS) is 17.8. The Kier molecular flexibility index (Phi) is 9.08. The maximum atomic E-state index is 6.00. The molecule has 0 aliphatic rings. The molecular formula is C10H24BrNOSn. The van der Waals surface area contributed by atoms with Crippen LogP contribution in [0.1, 0.15) is 40.0 Å². The monoisotopic (exact) mass is 373 g/mol. The van der Waals surface area contributed by atoms with E-state index in [2.05, 4.69) is 33.5 Å². The Labute approximate surface area is 99.1 Å². The molecule has 0 amide bonds. The first-order valence-corrected chi connectivity index (χ1v) is 17.2. The van der Waals surface area contributed by atoms with Gasteiger partial charge in [0.05, 0.1) is 0 Å². The molecule has 0 rings (SSSR count). The van der Waals surface area contributed by atoms with Crippen molar-refractivity contribution < 1.29 is 3.07 Å². The van der Waals surface area contributed by atoms with E-state index in [1.807, 2.05) is 0 Å². The average molecular weight is 373 g/mol. The summed E-state index contributed by atoms with van der Waals surface area (Å²) in [7, 11) is 0. The Balaban J connectivity index is 3.74. The first-order chi connectivity index (χ1) is 6.54. The molecule has 0 saturated heterocycles. The molecule has 0 aromatic heterocycles. The standard InChI is InChI=1S/C5H12N.C3H7O.C2H5.BrH.Sn/c1-3-4-5(2)6;1-2-3-4;1-2;;/h5H,1,3-4,6H2,2H3;2-3H2,1H3;1H2,2H3;1H;/q;-1;;;+2/p-1. The summed E-state index contributed by atoms with van der Waals surface area (Å²) in [6.07, 6.45) is 3.47. The van der Waals surface area contributed by atoms with E-state index in [9.17, 15) is 0 Å². The van der Waals surface area contributed by atoms with Crippen molar-refractivity contribution in [3.63, 3.8) is 0 Å². The van der Waals surface area contributed by atoms with Crippen LogP contribution in [0.25, 0.3) is 0 Å². The van der Waals surface area contributed by atoms with Gasteiger partial charge in [-0.3, -0.25) is 0 Å². The van der Waals surface area contributed by atoms with E-state index in [4.69, 9.17) is 8.81 Å². The van der Waals surface area contributed by atoms with Crippen molar-refractivity contribution in [2.75, 3.05) is 6.61 Å². The van der Waals surface area contributed by atoms with Crippen LogP contribution in [0.3, 0.4) is 0 Å². The number of hydrogen-bond donors (Lipinski definition) is 1. The number of hydrogen-bond acceptors (Lipinski definition) is 2. The molecule has 86 valence electrons. The predicted octanol–water partition coefficient (Wildman–Crippen LogP) is 3.40. The van der Waals surface area contributed by atoms with Gasteiger partial charge in [0.25, 0.3) is 0 Å². The first-order valence-electron chi connectivity index (χ1n) is 5.62. The van der Waals surface area contributed by atoms with E-state index in [-0.39, 0.29) is 0 Å². The Morgan fingerprint density at radius 2 is 2.07 bits per heavy atom. The van der Waals surface area contributed by atoms with Gasteiger partial charge in [-0.1, -0.05) is 0 Å². The number of halogens is 1. The summed E-state index contributed by atoms with van der Waals surface area (Å²) < 4.78 is 8.47. The fourth-order valence-corrected chi connectivity index (χ4v) is 10.0. The van der Waals surface area contributed by atoms with Gasteiger partial charge in [0.1, 0.15) is 0 Å². The van der Waals surface area contributed by atoms with Crippen LogP contribution in [0, 0.1) is 0 Å². The summed E-state index contributed by atoms with van der Waals surface area (Å²) in [6, 6.07) is 0.334. The molecule has 0 heterocycles. The van der Waals surface area contributed by atoms with Crippen LogP contribution in [-0.4, -0.2) is 29.2 Å². The number of rotatable bonds is 8. The zero-order chi connectivity index (χ0) is 11.0. The molecule has 0 bridgehead atoms. The SMILES string of the molecule is CCC[O][Sn]([Br])([CH2]C)[CH2]CCC(C)N. The van der Waals surface area contributed by atoms with Gasteiger partial charge in [-0.2, -0.15) is 0 Å². The van der Waals surface area contributed by atoms with Gasteiger partial charge in [0, 0.05) is 0 Å². The molecule has 2 unspecified atom stereocenters. The van der Waals surface area contributed by atoms with Crippen molar-refractivity contribution in [3.05, 3.63) is 0 Å². The van der Waals surface area contributed by atoms with Gasteiger partial charge >= 0.3 is 99.6 Å². The summed E-state index contributed by atoms with van der Waals surface area (Å²) in [4.78, 5) is 0. The topological polar surface area (TPSA) is 35.2 Å². The van der Waals surface area contributed by atoms with Crippen LogP contribution in [0.2, 0.25) is 8.87 Å². The second-order valence-electron chi connectivity index (χ2n) is 3.95. The van der Waals surface area contributed by atoms with Gasteiger partial charge in [0.2, 0.25) is 0 Å². The van der Waals surface area contributed by atoms with Crippen molar-refractivity contribution in [2.24, 2.45) is 5.73 Å². The zero-order valence-electron chi connectivity index (χ0n) is 9.68. The fraction of sp³-hybridized carbons (Fsp3) is 1.00. The Morgan fingerprint density at radius 1 is 1.43 bits per heavy atom. The van der Waals surface area contributed by atoms with Crippen molar-refractivity contribution in [1.82, 2.24) is 0 Å². The molecule has 2 atom stereocenters. The molecule has 0 saturated carbocycles. The zero-order valence-corrected chi connectivity index (χ0v) is 14.1. The molecule has 4 heteroatoms. The van der Waals surface area contributed by atoms with Crippen LogP contribution in [0.4, 0.5) is 0 Å². The number of nitrogens with two attached hydrogens (primary N) is 1. The summed E-state index contributed by atoms with van der Waals surface area (Å²) in [5.74, 6) is 0. The van der Waals surface area contributed by atoms with Crippen LogP contribution in [-0.2, 0) is 3.07 Å². The van der Waals surface area contributed by atoms with Crippen molar-refractivity contribution in [2.45, 2.75) is 54.9 Å². The fourth-order valence-electron chi connectivity index (χ4n) is 1.32. The second kappa shape index (κ2) is 8.36. The second-order valence-corrected chi connectivity index (χ2v) is 23.0. The quantitative estimate of drug-likeness (QED) is 0.663. The minimum absolute atomic E-state index is 0.334. The average Bonchev–Trinajstić information content (AvgIpc) is 2.14. The van der Waals surface area contributed by atoms with Gasteiger partial charge in [-0.05, 0) is 0 Å². The van der Waals surface area contributed by atoms with Gasteiger partial charge < -0.3 is 0 Å². The van der Waals surface area contributed by atoms with E-state index in [0.29, 0.717) is 6.04 Å². The molecule has 0 aromatic carbocycles. The molecule has 0 aliphatic heterocycles. The van der Waals surface area contributed by atoms with E-state index in [1.54, 1.807) is 0 Å². The van der Waals surface area contributed by atoms with E-state index in [0.717, 1.165) is 19.4 Å². The molecule has 2 nitrogen and oxygen atoms in total. The van der Waals surface area contributed by atoms with Crippen molar-refractivity contribution in [1.29, 1.82) is 0 Å². The van der Waals surface area contributed by atoms with Gasteiger partial charge in [-0.25, -0.2) is 0 Å². The van der Waals surface area contributed by atoms with Crippen molar-refractivity contribution in [3.8, 4) is 0 Å². The van der Waals surface area contributed by atoms with Crippen molar-refractivity contribution >= 4 is 29.3 Å². The molecule has 0 aliphatic carbocycles. The van der Waals surface area contributed by atoms with E-state index < -0.39 is 16.6 Å². The minimum atomic E-state index is -2.29. The molecule has 0 spiro atoms. The third-order valence-electron chi connectivity index (χ3n) is 2.30. The summed E-state index contributed by atoms with van der Waals surface area (Å²) in [6.45, 7) is 7.40. The predicted molar refractivity (Wildman–Crippen MR) is 69.1 cm³/mol. The molecule has 2 N–H and O–H groups in total. The molecule has 0 aromatic rings. The third-order valence-corrected chi connectivity index (χ3v) is 18.5. The molecule has 14 heavy (non-hydrogen) atoms. The summed E-state index contributed by atoms with van der Waals surface area (Å²) >= 11 is 1.59. The summed E-state index contributed by atoms with van der Waals surface area (Å²) in [5.41, 5.74) is 5.73. The Hall–Kier alpha value is 1.20. The Bertz CT molecular complexity index is 146. The van der Waals surface area contributed by atoms with Crippen LogP contribution < -0.4 is 5.73 Å². The van der Waals surface area contributed by atoms with Crippen LogP contribution in [0.5, 0.6) is 0 Å². The molecular weight excluding hydrogens is 349 g/mol. The first kappa shape index (κ1) is 15.2. The third kappa shape index (κ3) is 7.49. The maximum absolute atomic E-state index is 6.00. The Morgan fingerprint density at radius 3 is 2.50 bits per heavy atom. The van der Waals surface area contributed by atoms with Crippen LogP contribution >= 0.6 is 12.7 Å². The van der Waals surface area contributed by atoms with E-state index >= 15 is 0 Å². The van der Waals surface area contributed by atoms with E-state index in [1.165, 1.54) is 15.3 Å². The molecule has 0 radical (unpaired) electrons. The summed E-state index contributed by atoms with van der Waals surface area (Å²) in [5, 5.41) is 0. The van der Waals surface area contributed by atoms with Crippen LogP contribution in [0.15, 0.2) is 0 Å². The van der Waals surface area contributed by atoms with Gasteiger partial charge in [-0.15, -0.1) is 0 Å². The van der Waals surface area contributed by atoms with Gasteiger partial charge in [0.15, 0.2) is 0 Å².